The van der Waals surface area contributed by atoms with Gasteiger partial charge in [0.2, 0.25) is 0 Å². The summed E-state index contributed by atoms with van der Waals surface area (Å²) in [5.74, 6) is -0.392. The molecule has 0 saturated heterocycles. The first-order chi connectivity index (χ1) is 6.77. The molecule has 0 fully saturated rings. The highest BCUT2D eigenvalue weighted by Crippen LogP contribution is 2.29. The molecule has 0 unspecified atom stereocenters. The zero-order chi connectivity index (χ0) is 10.1. The van der Waals surface area contributed by atoms with Gasteiger partial charge in [-0.25, -0.2) is 4.39 Å². The van der Waals surface area contributed by atoms with E-state index in [9.17, 15) is 4.39 Å². The third-order valence-electron chi connectivity index (χ3n) is 2.06. The van der Waals surface area contributed by atoms with Crippen molar-refractivity contribution in [1.82, 2.24) is 0 Å². The zero-order valence-corrected chi connectivity index (χ0v) is 7.94. The molecular weight excluding hydrogens is 201 g/mol. The molecule has 14 heavy (non-hydrogen) atoms. The third kappa shape index (κ3) is 1.18. The SMILES string of the molecule is N#Cc1c(CO)ccc2scc(F)c12. The van der Waals surface area contributed by atoms with Crippen molar-refractivity contribution >= 4 is 21.4 Å². The number of nitrogens with zero attached hydrogens (tertiary/aromatic N) is 1. The Hall–Kier alpha value is -1.44. The van der Waals surface area contributed by atoms with Crippen LogP contribution in [0.3, 0.4) is 0 Å². The first-order valence-electron chi connectivity index (χ1n) is 3.97. The largest absolute Gasteiger partial charge is 0.392 e. The highest BCUT2D eigenvalue weighted by molar-refractivity contribution is 7.17. The maximum Gasteiger partial charge on any atom is 0.143 e. The fraction of sp³-hybridized carbons (Fsp3) is 0.100. The van der Waals surface area contributed by atoms with Crippen LogP contribution in [0.25, 0.3) is 10.1 Å². The molecule has 2 nitrogen and oxygen atoms in total. The number of hydrogen-bond acceptors (Lipinski definition) is 3. The van der Waals surface area contributed by atoms with Crippen LogP contribution in [0.2, 0.25) is 0 Å². The molecule has 1 heterocycles. The fourth-order valence-corrected chi connectivity index (χ4v) is 2.21. The van der Waals surface area contributed by atoms with Gasteiger partial charge in [0.05, 0.1) is 12.2 Å². The van der Waals surface area contributed by atoms with Crippen molar-refractivity contribution in [2.45, 2.75) is 6.61 Å². The van der Waals surface area contributed by atoms with Crippen LogP contribution in [0.5, 0.6) is 0 Å². The summed E-state index contributed by atoms with van der Waals surface area (Å²) < 4.78 is 14.0. The number of fused-ring (bicyclic) bond motifs is 1. The summed E-state index contributed by atoms with van der Waals surface area (Å²) in [5.41, 5.74) is 0.709. The molecule has 1 N–H and O–H groups in total. The summed E-state index contributed by atoms with van der Waals surface area (Å²) in [7, 11) is 0. The van der Waals surface area contributed by atoms with E-state index in [1.165, 1.54) is 16.7 Å². The van der Waals surface area contributed by atoms with Crippen molar-refractivity contribution in [3.8, 4) is 6.07 Å². The van der Waals surface area contributed by atoms with Gasteiger partial charge in [0.15, 0.2) is 0 Å². The van der Waals surface area contributed by atoms with Crippen molar-refractivity contribution in [2.75, 3.05) is 0 Å². The molecule has 4 heteroatoms. The Labute approximate surface area is 83.8 Å². The molecule has 0 spiro atoms. The number of halogens is 1. The van der Waals surface area contributed by atoms with E-state index in [0.717, 1.165) is 4.70 Å². The predicted molar refractivity (Wildman–Crippen MR) is 52.4 cm³/mol. The minimum Gasteiger partial charge on any atom is -0.392 e. The van der Waals surface area contributed by atoms with E-state index in [1.54, 1.807) is 12.1 Å². The Bertz CT molecular complexity index is 527. The summed E-state index contributed by atoms with van der Waals surface area (Å²) in [4.78, 5) is 0. The van der Waals surface area contributed by atoms with Crippen molar-refractivity contribution in [2.24, 2.45) is 0 Å². The van der Waals surface area contributed by atoms with Gasteiger partial charge in [-0.1, -0.05) is 6.07 Å². The van der Waals surface area contributed by atoms with E-state index in [1.807, 2.05) is 6.07 Å². The van der Waals surface area contributed by atoms with Crippen molar-refractivity contribution in [3.05, 3.63) is 34.5 Å². The van der Waals surface area contributed by atoms with Crippen LogP contribution in [0.1, 0.15) is 11.1 Å². The van der Waals surface area contributed by atoms with Gasteiger partial charge in [-0.3, -0.25) is 0 Å². The Balaban J connectivity index is 2.90. The van der Waals surface area contributed by atoms with E-state index in [0.29, 0.717) is 10.9 Å². The minimum absolute atomic E-state index is 0.240. The molecule has 0 saturated carbocycles. The molecule has 0 aliphatic carbocycles. The van der Waals surface area contributed by atoms with Gasteiger partial charge in [0.1, 0.15) is 11.9 Å². The molecule has 0 bridgehead atoms. The van der Waals surface area contributed by atoms with Crippen molar-refractivity contribution in [1.29, 1.82) is 5.26 Å². The maximum absolute atomic E-state index is 13.3. The van der Waals surface area contributed by atoms with E-state index >= 15 is 0 Å². The molecule has 0 radical (unpaired) electrons. The summed E-state index contributed by atoms with van der Waals surface area (Å²) in [6.45, 7) is -0.242. The lowest BCUT2D eigenvalue weighted by atomic mass is 10.1. The summed E-state index contributed by atoms with van der Waals surface area (Å²) in [5, 5.41) is 19.5. The van der Waals surface area contributed by atoms with Crippen molar-refractivity contribution in [3.63, 3.8) is 0 Å². The van der Waals surface area contributed by atoms with Crippen LogP contribution in [0.4, 0.5) is 4.39 Å². The van der Waals surface area contributed by atoms with E-state index in [-0.39, 0.29) is 12.2 Å². The molecule has 1 aromatic carbocycles. The molecule has 2 aromatic rings. The third-order valence-corrected chi connectivity index (χ3v) is 2.98. The minimum atomic E-state index is -0.392. The number of thiophene rings is 1. The normalized spacial score (nSPS) is 10.4. The summed E-state index contributed by atoms with van der Waals surface area (Å²) in [6.07, 6.45) is 0. The second kappa shape index (κ2) is 3.37. The molecule has 0 amide bonds. The Kier molecular flexibility index (Phi) is 2.20. The molecular formula is C10H6FNOS. The smallest absolute Gasteiger partial charge is 0.143 e. The highest BCUT2D eigenvalue weighted by atomic mass is 32.1. The number of rotatable bonds is 1. The number of aliphatic hydroxyl groups is 1. The van der Waals surface area contributed by atoms with Gasteiger partial charge in [-0.05, 0) is 11.6 Å². The molecule has 70 valence electrons. The lowest BCUT2D eigenvalue weighted by Crippen LogP contribution is -1.90. The first-order valence-corrected chi connectivity index (χ1v) is 4.85. The standard InChI is InChI=1S/C10H6FNOS/c11-8-5-14-9-2-1-6(4-13)7(3-12)10(8)9/h1-2,5,13H,4H2. The van der Waals surface area contributed by atoms with Gasteiger partial charge in [-0.15, -0.1) is 11.3 Å². The predicted octanol–water partition coefficient (Wildman–Crippen LogP) is 2.40. The summed E-state index contributed by atoms with van der Waals surface area (Å²) in [6, 6.07) is 5.29. The average Bonchev–Trinajstić information content (AvgIpc) is 2.59. The van der Waals surface area contributed by atoms with Gasteiger partial charge in [-0.2, -0.15) is 5.26 Å². The van der Waals surface area contributed by atoms with Gasteiger partial charge in [0, 0.05) is 15.5 Å². The van der Waals surface area contributed by atoms with Gasteiger partial charge >= 0.3 is 0 Å². The Morgan fingerprint density at radius 1 is 1.50 bits per heavy atom. The van der Waals surface area contributed by atoms with Crippen LogP contribution in [-0.4, -0.2) is 5.11 Å². The van der Waals surface area contributed by atoms with Crippen LogP contribution in [0.15, 0.2) is 17.5 Å². The molecule has 0 aliphatic rings. The molecule has 2 rings (SSSR count). The molecule has 0 aliphatic heterocycles. The van der Waals surface area contributed by atoms with E-state index in [4.69, 9.17) is 10.4 Å². The monoisotopic (exact) mass is 207 g/mol. The van der Waals surface area contributed by atoms with Crippen LogP contribution < -0.4 is 0 Å². The second-order valence-electron chi connectivity index (χ2n) is 2.83. The Morgan fingerprint density at radius 3 is 2.93 bits per heavy atom. The highest BCUT2D eigenvalue weighted by Gasteiger charge is 2.12. The zero-order valence-electron chi connectivity index (χ0n) is 7.12. The van der Waals surface area contributed by atoms with Crippen molar-refractivity contribution < 1.29 is 9.50 Å². The topological polar surface area (TPSA) is 44.0 Å². The van der Waals surface area contributed by atoms with Crippen LogP contribution in [-0.2, 0) is 6.61 Å². The maximum atomic E-state index is 13.3. The van der Waals surface area contributed by atoms with E-state index < -0.39 is 5.82 Å². The average molecular weight is 207 g/mol. The van der Waals surface area contributed by atoms with Gasteiger partial charge in [0.25, 0.3) is 0 Å². The van der Waals surface area contributed by atoms with E-state index in [2.05, 4.69) is 0 Å². The van der Waals surface area contributed by atoms with Gasteiger partial charge < -0.3 is 5.11 Å². The van der Waals surface area contributed by atoms with Crippen LogP contribution in [0, 0.1) is 17.1 Å². The summed E-state index contributed by atoms with van der Waals surface area (Å²) >= 11 is 1.25. The number of benzene rings is 1. The second-order valence-corrected chi connectivity index (χ2v) is 3.74. The first kappa shape index (κ1) is 9.13. The fourth-order valence-electron chi connectivity index (χ4n) is 1.40. The number of nitriles is 1. The quantitative estimate of drug-likeness (QED) is 0.780. The number of aliphatic hydroxyl groups excluding tert-OH is 1. The Morgan fingerprint density at radius 2 is 2.29 bits per heavy atom. The van der Waals surface area contributed by atoms with Crippen LogP contribution >= 0.6 is 11.3 Å². The molecule has 0 atom stereocenters. The number of hydrogen-bond donors (Lipinski definition) is 1. The molecule has 1 aromatic heterocycles. The lowest BCUT2D eigenvalue weighted by molar-refractivity contribution is 0.281. The lowest BCUT2D eigenvalue weighted by Gasteiger charge is -2.00.